The van der Waals surface area contributed by atoms with Gasteiger partial charge in [0.1, 0.15) is 0 Å². The maximum Gasteiger partial charge on any atom is 0.184 e. The summed E-state index contributed by atoms with van der Waals surface area (Å²) in [7, 11) is 0. The van der Waals surface area contributed by atoms with Crippen molar-refractivity contribution in [2.24, 2.45) is 5.92 Å². The molecule has 1 saturated carbocycles. The number of allylic oxidation sites excluding steroid dienone is 3. The van der Waals surface area contributed by atoms with E-state index in [1.165, 1.54) is 0 Å². The number of ketones is 1. The van der Waals surface area contributed by atoms with E-state index in [0.29, 0.717) is 5.92 Å². The summed E-state index contributed by atoms with van der Waals surface area (Å²) in [5, 5.41) is 0.720. The summed E-state index contributed by atoms with van der Waals surface area (Å²) in [6.07, 6.45) is 6.80. The van der Waals surface area contributed by atoms with E-state index in [0.717, 1.165) is 41.0 Å². The van der Waals surface area contributed by atoms with Crippen LogP contribution in [0.2, 0.25) is 5.02 Å². The van der Waals surface area contributed by atoms with Gasteiger partial charge in [-0.2, -0.15) is 0 Å². The van der Waals surface area contributed by atoms with Crippen LogP contribution in [0.4, 0.5) is 0 Å². The van der Waals surface area contributed by atoms with E-state index in [4.69, 9.17) is 11.6 Å². The zero-order valence-corrected chi connectivity index (χ0v) is 12.2. The number of Topliss-reactive ketones (excluding diaryl/α,β-unsaturated/α-hetero) is 1. The molecule has 0 aromatic heterocycles. The Morgan fingerprint density at radius 1 is 1.16 bits per heavy atom. The van der Waals surface area contributed by atoms with Crippen LogP contribution in [-0.4, -0.2) is 5.78 Å². The molecule has 0 N–H and O–H groups in total. The molecule has 2 rings (SSSR count). The van der Waals surface area contributed by atoms with Gasteiger partial charge >= 0.3 is 0 Å². The molecule has 0 atom stereocenters. The number of carbonyl (C=O) groups is 1. The third-order valence-corrected chi connectivity index (χ3v) is 3.55. The molecule has 1 aliphatic carbocycles. The Morgan fingerprint density at radius 2 is 1.79 bits per heavy atom. The predicted molar refractivity (Wildman–Crippen MR) is 81.2 cm³/mol. The highest BCUT2D eigenvalue weighted by Crippen LogP contribution is 2.28. The molecule has 1 aromatic rings. The van der Waals surface area contributed by atoms with Gasteiger partial charge in [-0.05, 0) is 54.5 Å². The molecule has 0 heterocycles. The first kappa shape index (κ1) is 14.1. The van der Waals surface area contributed by atoms with Gasteiger partial charge in [-0.25, -0.2) is 0 Å². The van der Waals surface area contributed by atoms with Gasteiger partial charge < -0.3 is 0 Å². The van der Waals surface area contributed by atoms with Crippen LogP contribution in [0, 0.1) is 5.92 Å². The molecule has 1 aliphatic rings. The summed E-state index contributed by atoms with van der Waals surface area (Å²) in [5.74, 6) is 0.820. The standard InChI is InChI=1S/C17H19ClO/c1-12(2)3-6-14-7-8-15(17(14)19)11-13-4-9-16(18)10-5-13/h4-6,9-12H,3,7-8H2,1-2H3/b14-6+,15-11+. The van der Waals surface area contributed by atoms with Crippen LogP contribution < -0.4 is 0 Å². The molecular weight excluding hydrogens is 256 g/mol. The number of hydrogen-bond acceptors (Lipinski definition) is 1. The van der Waals surface area contributed by atoms with Crippen molar-refractivity contribution in [1.29, 1.82) is 0 Å². The van der Waals surface area contributed by atoms with Crippen molar-refractivity contribution >= 4 is 23.5 Å². The van der Waals surface area contributed by atoms with E-state index >= 15 is 0 Å². The number of halogens is 1. The second-order valence-electron chi connectivity index (χ2n) is 5.41. The van der Waals surface area contributed by atoms with Gasteiger partial charge in [0.15, 0.2) is 5.78 Å². The molecule has 100 valence electrons. The molecule has 2 heteroatoms. The zero-order chi connectivity index (χ0) is 13.8. The lowest BCUT2D eigenvalue weighted by Gasteiger charge is -2.00. The molecule has 0 aliphatic heterocycles. The van der Waals surface area contributed by atoms with Crippen LogP contribution in [0.5, 0.6) is 0 Å². The normalized spacial score (nSPS) is 19.9. The second kappa shape index (κ2) is 6.21. The van der Waals surface area contributed by atoms with Crippen molar-refractivity contribution in [2.45, 2.75) is 33.1 Å². The number of benzene rings is 1. The average molecular weight is 275 g/mol. The summed E-state index contributed by atoms with van der Waals surface area (Å²) in [6, 6.07) is 7.59. The summed E-state index contributed by atoms with van der Waals surface area (Å²) in [4.78, 5) is 12.2. The summed E-state index contributed by atoms with van der Waals surface area (Å²) >= 11 is 5.85. The highest BCUT2D eigenvalue weighted by molar-refractivity contribution is 6.30. The van der Waals surface area contributed by atoms with Crippen LogP contribution in [0.1, 0.15) is 38.7 Å². The highest BCUT2D eigenvalue weighted by Gasteiger charge is 2.22. The van der Waals surface area contributed by atoms with E-state index < -0.39 is 0 Å². The molecule has 1 aromatic carbocycles. The van der Waals surface area contributed by atoms with Gasteiger partial charge in [0.2, 0.25) is 0 Å². The van der Waals surface area contributed by atoms with E-state index in [1.54, 1.807) is 0 Å². The third kappa shape index (κ3) is 3.81. The molecule has 1 nitrogen and oxygen atoms in total. The Kier molecular flexibility index (Phi) is 4.60. The van der Waals surface area contributed by atoms with Crippen molar-refractivity contribution in [3.8, 4) is 0 Å². The van der Waals surface area contributed by atoms with Gasteiger partial charge in [-0.15, -0.1) is 0 Å². The molecule has 0 saturated heterocycles. The molecular formula is C17H19ClO. The first-order chi connectivity index (χ1) is 9.06. The quantitative estimate of drug-likeness (QED) is 0.704. The van der Waals surface area contributed by atoms with Crippen molar-refractivity contribution < 1.29 is 4.79 Å². The first-order valence-electron chi connectivity index (χ1n) is 6.76. The first-order valence-corrected chi connectivity index (χ1v) is 7.14. The van der Waals surface area contributed by atoms with Gasteiger partial charge in [0, 0.05) is 10.6 Å². The average Bonchev–Trinajstić information content (AvgIpc) is 2.71. The SMILES string of the molecule is CC(C)C/C=C1\CC/C(=C\c2ccc(Cl)cc2)C1=O. The molecule has 19 heavy (non-hydrogen) atoms. The second-order valence-corrected chi connectivity index (χ2v) is 5.85. The maximum atomic E-state index is 12.2. The molecule has 0 amide bonds. The van der Waals surface area contributed by atoms with Crippen LogP contribution in [-0.2, 0) is 4.79 Å². The third-order valence-electron chi connectivity index (χ3n) is 3.29. The van der Waals surface area contributed by atoms with Crippen molar-refractivity contribution in [2.75, 3.05) is 0 Å². The maximum absolute atomic E-state index is 12.2. The Labute approximate surface area is 120 Å². The van der Waals surface area contributed by atoms with Gasteiger partial charge in [-0.3, -0.25) is 4.79 Å². The monoisotopic (exact) mass is 274 g/mol. The van der Waals surface area contributed by atoms with Gasteiger partial charge in [0.25, 0.3) is 0 Å². The van der Waals surface area contributed by atoms with E-state index in [2.05, 4.69) is 19.9 Å². The van der Waals surface area contributed by atoms with Crippen molar-refractivity contribution in [3.63, 3.8) is 0 Å². The largest absolute Gasteiger partial charge is 0.289 e. The number of carbonyl (C=O) groups excluding carboxylic acids is 1. The van der Waals surface area contributed by atoms with Crippen molar-refractivity contribution in [1.82, 2.24) is 0 Å². The predicted octanol–water partition coefficient (Wildman–Crippen LogP) is 5.06. The molecule has 0 bridgehead atoms. The lowest BCUT2D eigenvalue weighted by atomic mass is 10.1. The van der Waals surface area contributed by atoms with Crippen LogP contribution >= 0.6 is 11.6 Å². The van der Waals surface area contributed by atoms with E-state index in [1.807, 2.05) is 30.3 Å². The zero-order valence-electron chi connectivity index (χ0n) is 11.4. The Morgan fingerprint density at radius 3 is 2.42 bits per heavy atom. The van der Waals surface area contributed by atoms with E-state index in [-0.39, 0.29) is 5.78 Å². The lowest BCUT2D eigenvalue weighted by molar-refractivity contribution is -0.111. The smallest absolute Gasteiger partial charge is 0.184 e. The minimum Gasteiger partial charge on any atom is -0.289 e. The number of hydrogen-bond donors (Lipinski definition) is 0. The highest BCUT2D eigenvalue weighted by atomic mass is 35.5. The van der Waals surface area contributed by atoms with Gasteiger partial charge in [0.05, 0.1) is 0 Å². The fourth-order valence-electron chi connectivity index (χ4n) is 2.17. The summed E-state index contributed by atoms with van der Waals surface area (Å²) in [5.41, 5.74) is 2.93. The van der Waals surface area contributed by atoms with Gasteiger partial charge in [-0.1, -0.05) is 43.7 Å². The topological polar surface area (TPSA) is 17.1 Å². The lowest BCUT2D eigenvalue weighted by Crippen LogP contribution is -1.96. The minimum absolute atomic E-state index is 0.218. The van der Waals surface area contributed by atoms with Crippen LogP contribution in [0.25, 0.3) is 6.08 Å². The number of rotatable bonds is 3. The van der Waals surface area contributed by atoms with E-state index in [9.17, 15) is 4.79 Å². The summed E-state index contributed by atoms with van der Waals surface area (Å²) in [6.45, 7) is 4.34. The Hall–Kier alpha value is -1.34. The summed E-state index contributed by atoms with van der Waals surface area (Å²) < 4.78 is 0. The van der Waals surface area contributed by atoms with Crippen LogP contribution in [0.15, 0.2) is 41.5 Å². The molecule has 0 unspecified atom stereocenters. The fourth-order valence-corrected chi connectivity index (χ4v) is 2.30. The molecule has 1 fully saturated rings. The Balaban J connectivity index is 2.13. The minimum atomic E-state index is 0.218. The van der Waals surface area contributed by atoms with Crippen LogP contribution in [0.3, 0.4) is 0 Å². The molecule has 0 radical (unpaired) electrons. The Bertz CT molecular complexity index is 521. The van der Waals surface area contributed by atoms with Crippen molar-refractivity contribution in [3.05, 3.63) is 52.1 Å². The fraction of sp³-hybridized carbons (Fsp3) is 0.353. The molecule has 0 spiro atoms.